The van der Waals surface area contributed by atoms with Gasteiger partial charge in [0.2, 0.25) is 5.91 Å². The second kappa shape index (κ2) is 7.76. The van der Waals surface area contributed by atoms with E-state index in [4.69, 9.17) is 16.4 Å². The average Bonchev–Trinajstić information content (AvgIpc) is 2.42. The third-order valence-electron chi connectivity index (χ3n) is 2.58. The summed E-state index contributed by atoms with van der Waals surface area (Å²) in [6.45, 7) is 0.435. The summed E-state index contributed by atoms with van der Waals surface area (Å²) in [5, 5.41) is 4.49. The molecule has 0 radical (unpaired) electrons. The topological polar surface area (TPSA) is 58.6 Å². The van der Waals surface area contributed by atoms with E-state index in [1.54, 1.807) is 31.3 Å². The zero-order valence-electron chi connectivity index (χ0n) is 11.0. The van der Waals surface area contributed by atoms with Crippen molar-refractivity contribution in [3.05, 3.63) is 34.9 Å². The Hall–Kier alpha value is -1.59. The van der Waals surface area contributed by atoms with Gasteiger partial charge in [0, 0.05) is 30.6 Å². The molecule has 0 aliphatic rings. The maximum absolute atomic E-state index is 11.7. The number of rotatable bonds is 6. The molecule has 2 amide bonds. The van der Waals surface area contributed by atoms with E-state index >= 15 is 0 Å². The van der Waals surface area contributed by atoms with Crippen molar-refractivity contribution in [3.63, 3.8) is 0 Å². The fourth-order valence-corrected chi connectivity index (χ4v) is 1.53. The van der Waals surface area contributed by atoms with Crippen molar-refractivity contribution >= 4 is 23.4 Å². The summed E-state index contributed by atoms with van der Waals surface area (Å²) in [5.41, 5.74) is 0.546. The van der Waals surface area contributed by atoms with Crippen molar-refractivity contribution in [2.24, 2.45) is 0 Å². The molecular weight excluding hydrogens is 268 g/mol. The van der Waals surface area contributed by atoms with Gasteiger partial charge in [0.15, 0.2) is 0 Å². The summed E-state index contributed by atoms with van der Waals surface area (Å²) >= 11 is 5.74. The van der Waals surface area contributed by atoms with Gasteiger partial charge in [-0.3, -0.25) is 14.4 Å². The molecule has 0 saturated heterocycles. The third-order valence-corrected chi connectivity index (χ3v) is 2.84. The quantitative estimate of drug-likeness (QED) is 0.641. The summed E-state index contributed by atoms with van der Waals surface area (Å²) in [7, 11) is 2.98. The molecule has 0 atom stereocenters. The van der Waals surface area contributed by atoms with Crippen molar-refractivity contribution in [1.82, 2.24) is 10.4 Å². The summed E-state index contributed by atoms with van der Waals surface area (Å²) in [4.78, 5) is 27.9. The van der Waals surface area contributed by atoms with E-state index in [0.29, 0.717) is 30.0 Å². The van der Waals surface area contributed by atoms with Crippen LogP contribution in [-0.2, 0) is 9.63 Å². The van der Waals surface area contributed by atoms with Crippen LogP contribution in [-0.4, -0.2) is 37.6 Å². The van der Waals surface area contributed by atoms with E-state index in [0.717, 1.165) is 0 Å². The van der Waals surface area contributed by atoms with Gasteiger partial charge in [-0.25, -0.2) is 5.06 Å². The molecule has 1 rings (SSSR count). The van der Waals surface area contributed by atoms with Gasteiger partial charge >= 0.3 is 0 Å². The number of nitrogens with zero attached hydrogens (tertiary/aromatic N) is 1. The van der Waals surface area contributed by atoms with E-state index in [2.05, 4.69) is 5.32 Å². The fourth-order valence-electron chi connectivity index (χ4n) is 1.40. The molecule has 1 N–H and O–H groups in total. The van der Waals surface area contributed by atoms with Gasteiger partial charge in [0.1, 0.15) is 0 Å². The SMILES string of the molecule is CON(C)C(=O)CCCNC(=O)c1ccc(Cl)cc1. The first kappa shape index (κ1) is 15.5. The smallest absolute Gasteiger partial charge is 0.251 e. The molecule has 6 heteroatoms. The van der Waals surface area contributed by atoms with Gasteiger partial charge in [-0.1, -0.05) is 11.6 Å². The second-order valence-corrected chi connectivity index (χ2v) is 4.38. The number of hydrogen-bond acceptors (Lipinski definition) is 3. The van der Waals surface area contributed by atoms with Crippen molar-refractivity contribution in [1.29, 1.82) is 0 Å². The molecule has 0 aromatic heterocycles. The predicted octanol–water partition coefficient (Wildman–Crippen LogP) is 1.87. The van der Waals surface area contributed by atoms with E-state index in [1.807, 2.05) is 0 Å². The minimum absolute atomic E-state index is 0.122. The third kappa shape index (κ3) is 5.28. The van der Waals surface area contributed by atoms with Crippen molar-refractivity contribution in [2.75, 3.05) is 20.7 Å². The van der Waals surface area contributed by atoms with Crippen LogP contribution in [0.4, 0.5) is 0 Å². The summed E-state index contributed by atoms with van der Waals surface area (Å²) in [5.74, 6) is -0.299. The van der Waals surface area contributed by atoms with Crippen LogP contribution in [0.25, 0.3) is 0 Å². The largest absolute Gasteiger partial charge is 0.352 e. The van der Waals surface area contributed by atoms with Gasteiger partial charge in [0.25, 0.3) is 5.91 Å². The zero-order valence-corrected chi connectivity index (χ0v) is 11.7. The molecule has 0 bridgehead atoms. The van der Waals surface area contributed by atoms with E-state index in [1.165, 1.54) is 12.2 Å². The molecule has 0 fully saturated rings. The number of carbonyl (C=O) groups excluding carboxylic acids is 2. The number of halogens is 1. The van der Waals surface area contributed by atoms with Crippen molar-refractivity contribution in [2.45, 2.75) is 12.8 Å². The first-order chi connectivity index (χ1) is 9.04. The highest BCUT2D eigenvalue weighted by Gasteiger charge is 2.08. The van der Waals surface area contributed by atoms with Crippen molar-refractivity contribution < 1.29 is 14.4 Å². The van der Waals surface area contributed by atoms with Crippen LogP contribution in [0.5, 0.6) is 0 Å². The molecule has 0 heterocycles. The number of benzene rings is 1. The van der Waals surface area contributed by atoms with Crippen LogP contribution in [0, 0.1) is 0 Å². The number of carbonyl (C=O) groups is 2. The molecule has 0 saturated carbocycles. The average molecular weight is 285 g/mol. The molecule has 19 heavy (non-hydrogen) atoms. The van der Waals surface area contributed by atoms with Gasteiger partial charge < -0.3 is 5.32 Å². The Morgan fingerprint density at radius 1 is 1.32 bits per heavy atom. The van der Waals surface area contributed by atoms with Crippen LogP contribution >= 0.6 is 11.6 Å². The van der Waals surface area contributed by atoms with Crippen LogP contribution < -0.4 is 5.32 Å². The van der Waals surface area contributed by atoms with Gasteiger partial charge in [-0.2, -0.15) is 0 Å². The predicted molar refractivity (Wildman–Crippen MR) is 72.8 cm³/mol. The Bertz CT molecular complexity index is 434. The van der Waals surface area contributed by atoms with Crippen LogP contribution in [0.15, 0.2) is 24.3 Å². The summed E-state index contributed by atoms with van der Waals surface area (Å²) < 4.78 is 0. The molecule has 0 aliphatic heterocycles. The minimum atomic E-state index is -0.177. The number of nitrogens with one attached hydrogen (secondary N) is 1. The normalized spacial score (nSPS) is 10.1. The molecule has 5 nitrogen and oxygen atoms in total. The van der Waals surface area contributed by atoms with E-state index in [-0.39, 0.29) is 11.8 Å². The Morgan fingerprint density at radius 2 is 1.95 bits per heavy atom. The number of hydroxylamine groups is 2. The van der Waals surface area contributed by atoms with Gasteiger partial charge in [0.05, 0.1) is 7.11 Å². The Kier molecular flexibility index (Phi) is 6.32. The Morgan fingerprint density at radius 3 is 2.53 bits per heavy atom. The zero-order chi connectivity index (χ0) is 14.3. The van der Waals surface area contributed by atoms with Gasteiger partial charge in [-0.05, 0) is 30.7 Å². The first-order valence-electron chi connectivity index (χ1n) is 5.89. The first-order valence-corrected chi connectivity index (χ1v) is 6.27. The molecule has 104 valence electrons. The van der Waals surface area contributed by atoms with Crippen LogP contribution in [0.3, 0.4) is 0 Å². The highest BCUT2D eigenvalue weighted by atomic mass is 35.5. The Balaban J connectivity index is 2.28. The standard InChI is InChI=1S/C13H17ClN2O3/c1-16(19-2)12(17)4-3-9-15-13(18)10-5-7-11(14)8-6-10/h5-8H,3-4,9H2,1-2H3,(H,15,18). The lowest BCUT2D eigenvalue weighted by Crippen LogP contribution is -2.28. The molecule has 1 aromatic carbocycles. The highest BCUT2D eigenvalue weighted by molar-refractivity contribution is 6.30. The maximum atomic E-state index is 11.7. The monoisotopic (exact) mass is 284 g/mol. The van der Waals surface area contributed by atoms with E-state index < -0.39 is 0 Å². The van der Waals surface area contributed by atoms with Gasteiger partial charge in [-0.15, -0.1) is 0 Å². The molecular formula is C13H17ClN2O3. The Labute approximate surface area is 117 Å². The molecule has 0 unspecified atom stereocenters. The minimum Gasteiger partial charge on any atom is -0.352 e. The lowest BCUT2D eigenvalue weighted by atomic mass is 10.2. The summed E-state index contributed by atoms with van der Waals surface area (Å²) in [6, 6.07) is 6.63. The molecule has 0 aliphatic carbocycles. The van der Waals surface area contributed by atoms with Crippen LogP contribution in [0.1, 0.15) is 23.2 Å². The highest BCUT2D eigenvalue weighted by Crippen LogP contribution is 2.09. The maximum Gasteiger partial charge on any atom is 0.251 e. The van der Waals surface area contributed by atoms with E-state index in [9.17, 15) is 9.59 Å². The summed E-state index contributed by atoms with van der Waals surface area (Å²) in [6.07, 6.45) is 0.886. The lowest BCUT2D eigenvalue weighted by molar-refractivity contribution is -0.168. The molecule has 0 spiro atoms. The lowest BCUT2D eigenvalue weighted by Gasteiger charge is -2.13. The number of amides is 2. The second-order valence-electron chi connectivity index (χ2n) is 3.94. The van der Waals surface area contributed by atoms with Crippen LogP contribution in [0.2, 0.25) is 5.02 Å². The van der Waals surface area contributed by atoms with Crippen molar-refractivity contribution in [3.8, 4) is 0 Å². The fraction of sp³-hybridized carbons (Fsp3) is 0.385. The number of hydrogen-bond donors (Lipinski definition) is 1. The molecule has 1 aromatic rings.